The van der Waals surface area contributed by atoms with Gasteiger partial charge in [-0.25, -0.2) is 0 Å². The van der Waals surface area contributed by atoms with Crippen LogP contribution >= 0.6 is 12.4 Å². The molecule has 1 fully saturated rings. The maximum atomic E-state index is 5.59. The van der Waals surface area contributed by atoms with Crippen molar-refractivity contribution in [3.05, 3.63) is 47.5 Å². The van der Waals surface area contributed by atoms with Gasteiger partial charge in [0.15, 0.2) is 0 Å². The van der Waals surface area contributed by atoms with Crippen LogP contribution in [-0.4, -0.2) is 36.9 Å². The summed E-state index contributed by atoms with van der Waals surface area (Å²) in [6, 6.07) is 13.0. The molecule has 0 radical (unpaired) electrons. The lowest BCUT2D eigenvalue weighted by Crippen LogP contribution is -2.23. The monoisotopic (exact) mass is 330 g/mol. The van der Waals surface area contributed by atoms with Crippen molar-refractivity contribution in [2.45, 2.75) is 25.7 Å². The first-order chi connectivity index (χ1) is 10.9. The van der Waals surface area contributed by atoms with Crippen LogP contribution in [0.25, 0.3) is 10.8 Å². The van der Waals surface area contributed by atoms with Crippen molar-refractivity contribution in [3.8, 4) is 0 Å². The number of nitrogens with zero attached hydrogens (tertiary/aromatic N) is 2. The third-order valence-electron chi connectivity index (χ3n) is 4.84. The fourth-order valence-electron chi connectivity index (χ4n) is 3.65. The molecule has 0 spiro atoms. The molecule has 3 nitrogen and oxygen atoms in total. The number of aryl methyl sites for hydroxylation is 1. The van der Waals surface area contributed by atoms with Crippen LogP contribution in [0.2, 0.25) is 0 Å². The van der Waals surface area contributed by atoms with E-state index in [1.165, 1.54) is 47.8 Å². The first-order valence-corrected chi connectivity index (χ1v) is 8.34. The van der Waals surface area contributed by atoms with Gasteiger partial charge >= 0.3 is 0 Å². The number of rotatable bonds is 4. The Bertz CT molecular complexity index is 708. The number of halogens is 1. The quantitative estimate of drug-likeness (QED) is 0.624. The van der Waals surface area contributed by atoms with Gasteiger partial charge in [-0.1, -0.05) is 41.6 Å². The predicted molar refractivity (Wildman–Crippen MR) is 97.7 cm³/mol. The van der Waals surface area contributed by atoms with E-state index in [0.717, 1.165) is 25.1 Å². The summed E-state index contributed by atoms with van der Waals surface area (Å²) in [7, 11) is 0. The summed E-state index contributed by atoms with van der Waals surface area (Å²) in [5.74, 6) is 0. The molecule has 2 aromatic carbocycles. The van der Waals surface area contributed by atoms with Crippen molar-refractivity contribution in [1.82, 2.24) is 4.90 Å². The summed E-state index contributed by atoms with van der Waals surface area (Å²) in [5.41, 5.74) is 3.82. The van der Waals surface area contributed by atoms with E-state index >= 15 is 0 Å². The molecular weight excluding hydrogens is 308 g/mol. The van der Waals surface area contributed by atoms with Crippen molar-refractivity contribution >= 4 is 28.9 Å². The molecule has 0 N–H and O–H groups in total. The predicted octanol–water partition coefficient (Wildman–Crippen LogP) is 4.02. The Hall–Kier alpha value is -1.58. The minimum atomic E-state index is 0. The summed E-state index contributed by atoms with van der Waals surface area (Å²) in [6.45, 7) is 4.14. The van der Waals surface area contributed by atoms with Gasteiger partial charge < -0.3 is 4.84 Å². The van der Waals surface area contributed by atoms with Crippen LogP contribution < -0.4 is 0 Å². The lowest BCUT2D eigenvalue weighted by molar-refractivity contribution is 0.118. The SMILES string of the molecule is Cl.c1ccc2c3c(ccc2c1)/C(=N/OCCN1CCCC1)CC3. The van der Waals surface area contributed by atoms with Gasteiger partial charge in [-0.2, -0.15) is 0 Å². The molecule has 4 rings (SSSR count). The Morgan fingerprint density at radius 1 is 1.00 bits per heavy atom. The maximum absolute atomic E-state index is 5.59. The third kappa shape index (κ3) is 3.36. The highest BCUT2D eigenvalue weighted by molar-refractivity contribution is 6.08. The maximum Gasteiger partial charge on any atom is 0.129 e. The van der Waals surface area contributed by atoms with Crippen LogP contribution in [0, 0.1) is 0 Å². The number of oxime groups is 1. The summed E-state index contributed by atoms with van der Waals surface area (Å²) in [4.78, 5) is 8.05. The van der Waals surface area contributed by atoms with Crippen molar-refractivity contribution in [3.63, 3.8) is 0 Å². The molecule has 1 saturated heterocycles. The lowest BCUT2D eigenvalue weighted by atomic mass is 10.0. The van der Waals surface area contributed by atoms with Gasteiger partial charge in [-0.3, -0.25) is 4.90 Å². The van der Waals surface area contributed by atoms with Gasteiger partial charge in [-0.15, -0.1) is 12.4 Å². The van der Waals surface area contributed by atoms with Crippen molar-refractivity contribution in [2.24, 2.45) is 5.16 Å². The average molecular weight is 331 g/mol. The third-order valence-corrected chi connectivity index (χ3v) is 4.84. The molecule has 2 aromatic rings. The van der Waals surface area contributed by atoms with Crippen molar-refractivity contribution in [2.75, 3.05) is 26.2 Å². The number of likely N-dealkylation sites (tertiary alicyclic amines) is 1. The minimum Gasteiger partial charge on any atom is -0.394 e. The number of benzene rings is 2. The highest BCUT2D eigenvalue weighted by Crippen LogP contribution is 2.30. The average Bonchev–Trinajstić information content (AvgIpc) is 3.21. The largest absolute Gasteiger partial charge is 0.394 e. The van der Waals surface area contributed by atoms with Crippen LogP contribution in [0.5, 0.6) is 0 Å². The fraction of sp³-hybridized carbons (Fsp3) is 0.421. The van der Waals surface area contributed by atoms with Gasteiger partial charge in [0.25, 0.3) is 0 Å². The van der Waals surface area contributed by atoms with E-state index in [2.05, 4.69) is 46.5 Å². The Morgan fingerprint density at radius 3 is 2.70 bits per heavy atom. The lowest BCUT2D eigenvalue weighted by Gasteiger charge is -2.12. The highest BCUT2D eigenvalue weighted by Gasteiger charge is 2.20. The van der Waals surface area contributed by atoms with Crippen LogP contribution in [0.4, 0.5) is 0 Å². The molecule has 4 heteroatoms. The van der Waals surface area contributed by atoms with Gasteiger partial charge in [0, 0.05) is 12.1 Å². The standard InChI is InChI=1S/C19H22N2O.ClH/c1-2-6-16-15(5-1)7-8-18-17(16)9-10-19(18)20-22-14-13-21-11-3-4-12-21;/h1-2,5-8H,3-4,9-14H2;1H/b20-19+;. The Labute approximate surface area is 143 Å². The highest BCUT2D eigenvalue weighted by atomic mass is 35.5. The van der Waals surface area contributed by atoms with Gasteiger partial charge in [0.1, 0.15) is 6.61 Å². The van der Waals surface area contributed by atoms with Crippen molar-refractivity contribution < 1.29 is 4.84 Å². The molecule has 122 valence electrons. The normalized spacial score (nSPS) is 19.0. The Morgan fingerprint density at radius 2 is 1.83 bits per heavy atom. The molecule has 0 unspecified atom stereocenters. The van der Waals surface area contributed by atoms with E-state index in [-0.39, 0.29) is 12.4 Å². The fourth-order valence-corrected chi connectivity index (χ4v) is 3.65. The first kappa shape index (κ1) is 16.3. The summed E-state index contributed by atoms with van der Waals surface area (Å²) in [5, 5.41) is 7.10. The summed E-state index contributed by atoms with van der Waals surface area (Å²) < 4.78 is 0. The molecule has 2 aliphatic rings. The zero-order chi connectivity index (χ0) is 14.8. The molecule has 0 atom stereocenters. The van der Waals surface area contributed by atoms with Crippen molar-refractivity contribution in [1.29, 1.82) is 0 Å². The van der Waals surface area contributed by atoms with Crippen LogP contribution in [0.15, 0.2) is 41.6 Å². The molecule has 0 bridgehead atoms. The molecular formula is C19H23ClN2O. The van der Waals surface area contributed by atoms with Crippen LogP contribution in [0.1, 0.15) is 30.4 Å². The molecule has 1 aliphatic carbocycles. The van der Waals surface area contributed by atoms with E-state index in [4.69, 9.17) is 4.84 Å². The Kier molecular flexibility index (Phi) is 5.19. The topological polar surface area (TPSA) is 24.8 Å². The van der Waals surface area contributed by atoms with E-state index in [0.29, 0.717) is 6.61 Å². The second kappa shape index (κ2) is 7.33. The molecule has 1 aliphatic heterocycles. The zero-order valence-electron chi connectivity index (χ0n) is 13.3. The first-order valence-electron chi connectivity index (χ1n) is 8.34. The smallest absolute Gasteiger partial charge is 0.129 e. The molecule has 23 heavy (non-hydrogen) atoms. The van der Waals surface area contributed by atoms with E-state index in [9.17, 15) is 0 Å². The van der Waals surface area contributed by atoms with E-state index in [1.54, 1.807) is 0 Å². The summed E-state index contributed by atoms with van der Waals surface area (Å²) in [6.07, 6.45) is 4.72. The van der Waals surface area contributed by atoms with Crippen LogP contribution in [0.3, 0.4) is 0 Å². The molecule has 1 heterocycles. The van der Waals surface area contributed by atoms with E-state index < -0.39 is 0 Å². The number of fused-ring (bicyclic) bond motifs is 3. The van der Waals surface area contributed by atoms with Crippen LogP contribution in [-0.2, 0) is 11.3 Å². The second-order valence-electron chi connectivity index (χ2n) is 6.23. The summed E-state index contributed by atoms with van der Waals surface area (Å²) >= 11 is 0. The molecule has 0 amide bonds. The molecule has 0 saturated carbocycles. The second-order valence-corrected chi connectivity index (χ2v) is 6.23. The van der Waals surface area contributed by atoms with Gasteiger partial charge in [0.05, 0.1) is 5.71 Å². The van der Waals surface area contributed by atoms with Gasteiger partial charge in [-0.05, 0) is 55.1 Å². The minimum absolute atomic E-state index is 0. The zero-order valence-corrected chi connectivity index (χ0v) is 14.1. The molecule has 0 aromatic heterocycles. The number of hydrogen-bond acceptors (Lipinski definition) is 3. The van der Waals surface area contributed by atoms with Gasteiger partial charge in [0.2, 0.25) is 0 Å². The number of hydrogen-bond donors (Lipinski definition) is 0. The Balaban J connectivity index is 0.00000156. The van der Waals surface area contributed by atoms with E-state index in [1.807, 2.05) is 0 Å².